The number of fused-ring (bicyclic) bond motifs is 1. The number of nitrogens with zero attached hydrogens (tertiary/aromatic N) is 5. The Hall–Kier alpha value is -3.73. The van der Waals surface area contributed by atoms with Crippen LogP contribution in [0.5, 0.6) is 5.88 Å². The molecular weight excluding hydrogens is 512 g/mol. The van der Waals surface area contributed by atoms with Gasteiger partial charge in [-0.3, -0.25) is 9.36 Å². The predicted molar refractivity (Wildman–Crippen MR) is 154 cm³/mol. The van der Waals surface area contributed by atoms with Crippen LogP contribution < -0.4 is 15.6 Å². The molecular formula is C29H40N6O5. The Labute approximate surface area is 234 Å². The molecule has 1 fully saturated rings. The fourth-order valence-corrected chi connectivity index (χ4v) is 4.58. The van der Waals surface area contributed by atoms with E-state index in [-0.39, 0.29) is 17.5 Å². The third-order valence-corrected chi connectivity index (χ3v) is 6.71. The summed E-state index contributed by atoms with van der Waals surface area (Å²) in [5, 5.41) is 3.27. The summed E-state index contributed by atoms with van der Waals surface area (Å²) in [4.78, 5) is 41.2. The molecule has 1 N–H and O–H groups in total. The zero-order chi connectivity index (χ0) is 28.7. The van der Waals surface area contributed by atoms with Crippen molar-refractivity contribution < 1.29 is 19.0 Å². The number of methoxy groups -OCH3 is 1. The molecule has 40 heavy (non-hydrogen) atoms. The van der Waals surface area contributed by atoms with Gasteiger partial charge < -0.3 is 24.4 Å². The van der Waals surface area contributed by atoms with Crippen LogP contribution in [-0.4, -0.2) is 76.1 Å². The maximum Gasteiger partial charge on any atom is 0.410 e. The number of carbonyl (C=O) groups is 1. The van der Waals surface area contributed by atoms with Crippen molar-refractivity contribution in [1.82, 2.24) is 24.4 Å². The summed E-state index contributed by atoms with van der Waals surface area (Å²) in [7, 11) is 1.57. The van der Waals surface area contributed by atoms with E-state index >= 15 is 0 Å². The van der Waals surface area contributed by atoms with Gasteiger partial charge in [0.25, 0.3) is 5.56 Å². The number of piperidine rings is 1. The molecule has 0 bridgehead atoms. The average molecular weight is 553 g/mol. The fourth-order valence-electron chi connectivity index (χ4n) is 4.58. The van der Waals surface area contributed by atoms with E-state index in [1.165, 1.54) is 0 Å². The van der Waals surface area contributed by atoms with Crippen LogP contribution in [-0.2, 0) is 16.0 Å². The van der Waals surface area contributed by atoms with Crippen LogP contribution in [0, 0.1) is 5.92 Å². The van der Waals surface area contributed by atoms with Gasteiger partial charge in [-0.1, -0.05) is 6.92 Å². The maximum atomic E-state index is 13.6. The molecule has 11 nitrogen and oxygen atoms in total. The van der Waals surface area contributed by atoms with Crippen molar-refractivity contribution in [2.24, 2.45) is 5.92 Å². The molecule has 4 rings (SSSR count). The Balaban J connectivity index is 1.51. The van der Waals surface area contributed by atoms with Gasteiger partial charge in [0.1, 0.15) is 5.60 Å². The number of pyridine rings is 2. The molecule has 0 aliphatic carbocycles. The second kappa shape index (κ2) is 13.1. The van der Waals surface area contributed by atoms with Gasteiger partial charge in [0.05, 0.1) is 19.2 Å². The third kappa shape index (κ3) is 7.47. The lowest BCUT2D eigenvalue weighted by Crippen LogP contribution is -2.42. The number of hydrogen-bond donors (Lipinski definition) is 1. The average Bonchev–Trinajstić information content (AvgIpc) is 2.94. The number of ether oxygens (including phenoxy) is 3. The minimum absolute atomic E-state index is 0.217. The SMILES string of the molecule is CCCOCCn1c(=O)c(NCC2CCN(C(=O)OC(C)(C)C)CC2)nc2ncc(-c3ccc(OC)nc3)cc21. The Kier molecular flexibility index (Phi) is 9.57. The van der Waals surface area contributed by atoms with Gasteiger partial charge in [-0.15, -0.1) is 0 Å². The van der Waals surface area contributed by atoms with Crippen LogP contribution in [0.2, 0.25) is 0 Å². The molecule has 0 aromatic carbocycles. The highest BCUT2D eigenvalue weighted by molar-refractivity contribution is 5.79. The molecule has 1 amide bonds. The van der Waals surface area contributed by atoms with Crippen molar-refractivity contribution in [2.45, 2.75) is 59.1 Å². The van der Waals surface area contributed by atoms with Crippen molar-refractivity contribution in [3.63, 3.8) is 0 Å². The van der Waals surface area contributed by atoms with Crippen molar-refractivity contribution in [1.29, 1.82) is 0 Å². The van der Waals surface area contributed by atoms with Crippen molar-refractivity contribution in [2.75, 3.05) is 45.3 Å². The number of nitrogens with one attached hydrogen (secondary N) is 1. The third-order valence-electron chi connectivity index (χ3n) is 6.71. The van der Waals surface area contributed by atoms with Crippen LogP contribution in [0.4, 0.5) is 10.6 Å². The van der Waals surface area contributed by atoms with Gasteiger partial charge in [0, 0.05) is 62.4 Å². The van der Waals surface area contributed by atoms with Crippen LogP contribution in [0.25, 0.3) is 22.3 Å². The Morgan fingerprint density at radius 2 is 1.85 bits per heavy atom. The first kappa shape index (κ1) is 29.3. The molecule has 216 valence electrons. The Bertz CT molecular complexity index is 1340. The van der Waals surface area contributed by atoms with Crippen LogP contribution in [0.3, 0.4) is 0 Å². The lowest BCUT2D eigenvalue weighted by Gasteiger charge is -2.33. The first-order chi connectivity index (χ1) is 19.2. The first-order valence-corrected chi connectivity index (χ1v) is 13.9. The van der Waals surface area contributed by atoms with Crippen LogP contribution >= 0.6 is 0 Å². The van der Waals surface area contributed by atoms with Gasteiger partial charge in [0.15, 0.2) is 11.5 Å². The summed E-state index contributed by atoms with van der Waals surface area (Å²) >= 11 is 0. The van der Waals surface area contributed by atoms with E-state index in [0.717, 1.165) is 30.4 Å². The molecule has 3 aromatic rings. The fraction of sp³-hybridized carbons (Fsp3) is 0.552. The zero-order valence-corrected chi connectivity index (χ0v) is 24.1. The second-order valence-electron chi connectivity index (χ2n) is 11.0. The highest BCUT2D eigenvalue weighted by Crippen LogP contribution is 2.24. The number of hydrogen-bond acceptors (Lipinski definition) is 9. The van der Waals surface area contributed by atoms with Gasteiger partial charge in [-0.25, -0.2) is 19.7 Å². The zero-order valence-electron chi connectivity index (χ0n) is 24.1. The van der Waals surface area contributed by atoms with E-state index in [0.29, 0.717) is 62.4 Å². The van der Waals surface area contributed by atoms with Gasteiger partial charge in [-0.05, 0) is 58.1 Å². The van der Waals surface area contributed by atoms with Gasteiger partial charge >= 0.3 is 6.09 Å². The summed E-state index contributed by atoms with van der Waals surface area (Å²) in [6.07, 6.45) is 5.71. The quantitative estimate of drug-likeness (QED) is 0.366. The molecule has 0 spiro atoms. The highest BCUT2D eigenvalue weighted by Gasteiger charge is 2.27. The number of aromatic nitrogens is 4. The number of rotatable bonds is 10. The molecule has 0 radical (unpaired) electrons. The molecule has 0 saturated carbocycles. The number of carbonyl (C=O) groups excluding carboxylic acids is 1. The van der Waals surface area contributed by atoms with Crippen LogP contribution in [0.15, 0.2) is 35.4 Å². The van der Waals surface area contributed by atoms with Crippen molar-refractivity contribution in [3.05, 3.63) is 40.9 Å². The number of amides is 1. The topological polar surface area (TPSA) is 121 Å². The van der Waals surface area contributed by atoms with E-state index in [1.807, 2.05) is 39.8 Å². The van der Waals surface area contributed by atoms with E-state index in [4.69, 9.17) is 14.2 Å². The summed E-state index contributed by atoms with van der Waals surface area (Å²) in [6.45, 7) is 10.9. The summed E-state index contributed by atoms with van der Waals surface area (Å²) in [5.74, 6) is 1.09. The molecule has 4 heterocycles. The minimum atomic E-state index is -0.515. The minimum Gasteiger partial charge on any atom is -0.481 e. The van der Waals surface area contributed by atoms with Gasteiger partial charge in [-0.2, -0.15) is 0 Å². The van der Waals surface area contributed by atoms with E-state index in [2.05, 4.69) is 20.3 Å². The summed E-state index contributed by atoms with van der Waals surface area (Å²) in [5.41, 5.74) is 2.06. The molecule has 1 aliphatic rings. The highest BCUT2D eigenvalue weighted by atomic mass is 16.6. The predicted octanol–water partition coefficient (Wildman–Crippen LogP) is 4.35. The van der Waals surface area contributed by atoms with E-state index < -0.39 is 5.60 Å². The Morgan fingerprint density at radius 1 is 1.10 bits per heavy atom. The number of likely N-dealkylation sites (tertiary alicyclic amines) is 1. The van der Waals surface area contributed by atoms with E-state index in [9.17, 15) is 9.59 Å². The smallest absolute Gasteiger partial charge is 0.410 e. The molecule has 11 heteroatoms. The van der Waals surface area contributed by atoms with Crippen molar-refractivity contribution in [3.8, 4) is 17.0 Å². The molecule has 3 aromatic heterocycles. The largest absolute Gasteiger partial charge is 0.481 e. The number of anilines is 1. The lowest BCUT2D eigenvalue weighted by molar-refractivity contribution is 0.0188. The first-order valence-electron chi connectivity index (χ1n) is 13.9. The summed E-state index contributed by atoms with van der Waals surface area (Å²) < 4.78 is 18.0. The van der Waals surface area contributed by atoms with Crippen LogP contribution in [0.1, 0.15) is 47.0 Å². The monoisotopic (exact) mass is 552 g/mol. The van der Waals surface area contributed by atoms with E-state index in [1.54, 1.807) is 35.0 Å². The second-order valence-corrected chi connectivity index (χ2v) is 11.0. The standard InChI is InChI=1S/C29H40N6O5/c1-6-14-39-15-13-35-23-16-22(21-7-8-24(38-5)30-18-21)19-32-25(23)33-26(27(35)36)31-17-20-9-11-34(12-10-20)28(37)40-29(2,3)4/h7-8,16,18-20H,6,9-15,17H2,1-5H3,(H,31,32,33). The Morgan fingerprint density at radius 3 is 2.50 bits per heavy atom. The molecule has 0 unspecified atom stereocenters. The van der Waals surface area contributed by atoms with Gasteiger partial charge in [0.2, 0.25) is 5.88 Å². The maximum absolute atomic E-state index is 13.6. The molecule has 0 atom stereocenters. The molecule has 1 aliphatic heterocycles. The normalized spacial score (nSPS) is 14.4. The lowest BCUT2D eigenvalue weighted by atomic mass is 9.97. The van der Waals surface area contributed by atoms with Crippen molar-refractivity contribution >= 4 is 23.1 Å². The molecule has 1 saturated heterocycles. The summed E-state index contributed by atoms with van der Waals surface area (Å²) in [6, 6.07) is 5.60.